The lowest BCUT2D eigenvalue weighted by Crippen LogP contribution is -2.44. The normalized spacial score (nSPS) is 17.8. The van der Waals surface area contributed by atoms with Crippen LogP contribution in [-0.2, 0) is 4.79 Å². The van der Waals surface area contributed by atoms with Crippen molar-refractivity contribution in [2.24, 2.45) is 11.3 Å². The highest BCUT2D eigenvalue weighted by atomic mass is 35.5. The highest BCUT2D eigenvalue weighted by Gasteiger charge is 2.29. The molecule has 1 aliphatic heterocycles. The molecule has 1 aliphatic rings. The number of carbonyl (C=O) groups is 1. The molecule has 0 aromatic rings. The lowest BCUT2D eigenvalue weighted by molar-refractivity contribution is -0.140. The SMILES string of the molecule is CNCCC1CCN(C(=O)C(C)(C)C)CC1.Cl. The van der Waals surface area contributed by atoms with E-state index in [-0.39, 0.29) is 17.8 Å². The molecule has 1 amide bonds. The van der Waals surface area contributed by atoms with Crippen molar-refractivity contribution in [3.63, 3.8) is 0 Å². The number of nitrogens with one attached hydrogen (secondary N) is 1. The zero-order valence-electron chi connectivity index (χ0n) is 11.6. The molecule has 0 saturated carbocycles. The van der Waals surface area contributed by atoms with E-state index in [1.54, 1.807) is 0 Å². The molecule has 3 nitrogen and oxygen atoms in total. The van der Waals surface area contributed by atoms with Gasteiger partial charge >= 0.3 is 0 Å². The number of likely N-dealkylation sites (tertiary alicyclic amines) is 1. The molecule has 0 radical (unpaired) electrons. The van der Waals surface area contributed by atoms with E-state index in [0.29, 0.717) is 5.91 Å². The quantitative estimate of drug-likeness (QED) is 0.847. The van der Waals surface area contributed by atoms with Gasteiger partial charge in [0.2, 0.25) is 5.91 Å². The molecule has 0 bridgehead atoms. The molecule has 102 valence electrons. The molecule has 1 saturated heterocycles. The fourth-order valence-corrected chi connectivity index (χ4v) is 2.25. The second-order valence-electron chi connectivity index (χ2n) is 5.88. The highest BCUT2D eigenvalue weighted by Crippen LogP contribution is 2.24. The van der Waals surface area contributed by atoms with E-state index in [1.165, 1.54) is 19.3 Å². The Kier molecular flexibility index (Phi) is 7.10. The molecule has 1 N–H and O–H groups in total. The van der Waals surface area contributed by atoms with Crippen LogP contribution in [-0.4, -0.2) is 37.5 Å². The van der Waals surface area contributed by atoms with Gasteiger partial charge in [-0.25, -0.2) is 0 Å². The van der Waals surface area contributed by atoms with E-state index in [2.05, 4.69) is 5.32 Å². The van der Waals surface area contributed by atoms with Crippen LogP contribution in [0.25, 0.3) is 0 Å². The first-order valence-electron chi connectivity index (χ1n) is 6.39. The minimum absolute atomic E-state index is 0. The van der Waals surface area contributed by atoms with E-state index in [4.69, 9.17) is 0 Å². The second-order valence-corrected chi connectivity index (χ2v) is 5.88. The van der Waals surface area contributed by atoms with Crippen molar-refractivity contribution in [3.05, 3.63) is 0 Å². The molecule has 17 heavy (non-hydrogen) atoms. The van der Waals surface area contributed by atoms with Gasteiger partial charge in [-0.1, -0.05) is 20.8 Å². The standard InChI is InChI=1S/C13H26N2O.ClH/c1-13(2,3)12(16)15-9-6-11(7-10-15)5-8-14-4;/h11,14H,5-10H2,1-4H3;1H. The number of hydrogen-bond acceptors (Lipinski definition) is 2. The van der Waals surface area contributed by atoms with Crippen LogP contribution in [0.1, 0.15) is 40.0 Å². The van der Waals surface area contributed by atoms with Crippen LogP contribution >= 0.6 is 12.4 Å². The molecule has 1 rings (SSSR count). The van der Waals surface area contributed by atoms with E-state index in [1.807, 2.05) is 32.7 Å². The summed E-state index contributed by atoms with van der Waals surface area (Å²) >= 11 is 0. The number of amides is 1. The van der Waals surface area contributed by atoms with Crippen molar-refractivity contribution in [2.75, 3.05) is 26.7 Å². The average Bonchev–Trinajstić information content (AvgIpc) is 2.25. The first-order chi connectivity index (χ1) is 7.45. The molecule has 0 aromatic carbocycles. The lowest BCUT2D eigenvalue weighted by Gasteiger charge is -2.35. The van der Waals surface area contributed by atoms with Gasteiger partial charge < -0.3 is 10.2 Å². The minimum Gasteiger partial charge on any atom is -0.342 e. The summed E-state index contributed by atoms with van der Waals surface area (Å²) in [6.45, 7) is 9.00. The Hall–Kier alpha value is -0.280. The Bertz CT molecular complexity index is 230. The summed E-state index contributed by atoms with van der Waals surface area (Å²) in [5, 5.41) is 3.19. The summed E-state index contributed by atoms with van der Waals surface area (Å²) in [4.78, 5) is 14.1. The van der Waals surface area contributed by atoms with Gasteiger partial charge in [0.15, 0.2) is 0 Å². The molecule has 0 atom stereocenters. The van der Waals surface area contributed by atoms with Crippen LogP contribution < -0.4 is 5.32 Å². The van der Waals surface area contributed by atoms with Crippen LogP contribution in [0.3, 0.4) is 0 Å². The maximum absolute atomic E-state index is 12.1. The first-order valence-corrected chi connectivity index (χ1v) is 6.39. The molecular weight excluding hydrogens is 236 g/mol. The van der Waals surface area contributed by atoms with E-state index in [9.17, 15) is 4.79 Å². The largest absolute Gasteiger partial charge is 0.342 e. The van der Waals surface area contributed by atoms with Crippen molar-refractivity contribution in [1.29, 1.82) is 0 Å². The van der Waals surface area contributed by atoms with Gasteiger partial charge in [-0.05, 0) is 38.8 Å². The summed E-state index contributed by atoms with van der Waals surface area (Å²) in [6, 6.07) is 0. The summed E-state index contributed by atoms with van der Waals surface area (Å²) < 4.78 is 0. The number of hydrogen-bond donors (Lipinski definition) is 1. The van der Waals surface area contributed by atoms with Gasteiger partial charge in [0, 0.05) is 18.5 Å². The number of rotatable bonds is 3. The molecule has 0 unspecified atom stereocenters. The van der Waals surface area contributed by atoms with Crippen LogP contribution in [0.4, 0.5) is 0 Å². The Labute approximate surface area is 112 Å². The van der Waals surface area contributed by atoms with Gasteiger partial charge in [0.1, 0.15) is 0 Å². The van der Waals surface area contributed by atoms with E-state index < -0.39 is 0 Å². The Morgan fingerprint density at radius 2 is 1.82 bits per heavy atom. The molecule has 0 aliphatic carbocycles. The zero-order chi connectivity index (χ0) is 12.2. The molecule has 0 aromatic heterocycles. The maximum atomic E-state index is 12.1. The van der Waals surface area contributed by atoms with Gasteiger partial charge in [0.05, 0.1) is 0 Å². The highest BCUT2D eigenvalue weighted by molar-refractivity contribution is 5.85. The number of carbonyl (C=O) groups excluding carboxylic acids is 1. The predicted molar refractivity (Wildman–Crippen MR) is 74.6 cm³/mol. The topological polar surface area (TPSA) is 32.3 Å². The average molecular weight is 263 g/mol. The Morgan fingerprint density at radius 1 is 1.29 bits per heavy atom. The van der Waals surface area contributed by atoms with Crippen molar-refractivity contribution in [1.82, 2.24) is 10.2 Å². The van der Waals surface area contributed by atoms with Crippen molar-refractivity contribution >= 4 is 18.3 Å². The van der Waals surface area contributed by atoms with Crippen molar-refractivity contribution < 1.29 is 4.79 Å². The lowest BCUT2D eigenvalue weighted by atomic mass is 9.90. The van der Waals surface area contributed by atoms with Crippen molar-refractivity contribution in [2.45, 2.75) is 40.0 Å². The fraction of sp³-hybridized carbons (Fsp3) is 0.923. The Morgan fingerprint density at radius 3 is 2.24 bits per heavy atom. The molecule has 0 spiro atoms. The number of piperidine rings is 1. The third-order valence-corrected chi connectivity index (χ3v) is 3.35. The molecule has 1 heterocycles. The smallest absolute Gasteiger partial charge is 0.227 e. The van der Waals surface area contributed by atoms with E-state index in [0.717, 1.165) is 25.6 Å². The van der Waals surface area contributed by atoms with Crippen LogP contribution in [0, 0.1) is 11.3 Å². The van der Waals surface area contributed by atoms with Gasteiger partial charge in [-0.3, -0.25) is 4.79 Å². The molecule has 1 fully saturated rings. The summed E-state index contributed by atoms with van der Waals surface area (Å²) in [5.74, 6) is 1.11. The van der Waals surface area contributed by atoms with Gasteiger partial charge in [-0.15, -0.1) is 12.4 Å². The fourth-order valence-electron chi connectivity index (χ4n) is 2.25. The van der Waals surface area contributed by atoms with Crippen LogP contribution in [0.5, 0.6) is 0 Å². The first kappa shape index (κ1) is 16.7. The number of nitrogens with zero attached hydrogens (tertiary/aromatic N) is 1. The third kappa shape index (κ3) is 5.26. The minimum atomic E-state index is -0.224. The second kappa shape index (κ2) is 7.22. The van der Waals surface area contributed by atoms with E-state index >= 15 is 0 Å². The van der Waals surface area contributed by atoms with Gasteiger partial charge in [0.25, 0.3) is 0 Å². The van der Waals surface area contributed by atoms with Crippen molar-refractivity contribution in [3.8, 4) is 0 Å². The summed E-state index contributed by atoms with van der Waals surface area (Å²) in [6.07, 6.45) is 3.58. The zero-order valence-corrected chi connectivity index (χ0v) is 12.4. The molecule has 4 heteroatoms. The molecular formula is C13H27ClN2O. The summed E-state index contributed by atoms with van der Waals surface area (Å²) in [5.41, 5.74) is -0.224. The Balaban J connectivity index is 0.00000256. The number of halogens is 1. The third-order valence-electron chi connectivity index (χ3n) is 3.35. The summed E-state index contributed by atoms with van der Waals surface area (Å²) in [7, 11) is 2.00. The maximum Gasteiger partial charge on any atom is 0.227 e. The monoisotopic (exact) mass is 262 g/mol. The van der Waals surface area contributed by atoms with Crippen LogP contribution in [0.2, 0.25) is 0 Å². The van der Waals surface area contributed by atoms with Crippen LogP contribution in [0.15, 0.2) is 0 Å². The van der Waals surface area contributed by atoms with Gasteiger partial charge in [-0.2, -0.15) is 0 Å². The predicted octanol–water partition coefficient (Wildman–Crippen LogP) is 2.30.